The number of ether oxygens (including phenoxy) is 3. The SMILES string of the molecule is COC[C@H](C)Oc1cc(Oc2ccc(S(C)(=O)=O)cc2)cc(C2=CCC(c3nccs3)N2)c1. The molecule has 2 heterocycles. The fraction of sp³-hybridized carbons (Fsp3) is 0.292. The molecular weight excluding hydrogens is 460 g/mol. The molecule has 3 aromatic rings. The summed E-state index contributed by atoms with van der Waals surface area (Å²) in [5, 5.41) is 6.56. The maximum absolute atomic E-state index is 11.7. The molecule has 1 aliphatic rings. The van der Waals surface area contributed by atoms with Gasteiger partial charge in [0.15, 0.2) is 9.84 Å². The second kappa shape index (κ2) is 9.94. The van der Waals surface area contributed by atoms with Gasteiger partial charge in [0.05, 0.1) is 17.5 Å². The van der Waals surface area contributed by atoms with Crippen molar-refractivity contribution in [1.29, 1.82) is 0 Å². The molecule has 0 fully saturated rings. The van der Waals surface area contributed by atoms with Crippen molar-refractivity contribution < 1.29 is 22.6 Å². The van der Waals surface area contributed by atoms with Crippen LogP contribution in [0.2, 0.25) is 0 Å². The molecule has 0 saturated carbocycles. The molecule has 0 aliphatic carbocycles. The summed E-state index contributed by atoms with van der Waals surface area (Å²) in [5.74, 6) is 1.77. The number of hydrogen-bond acceptors (Lipinski definition) is 8. The molecule has 1 aromatic heterocycles. The topological polar surface area (TPSA) is 86.8 Å². The minimum atomic E-state index is -3.27. The van der Waals surface area contributed by atoms with Crippen LogP contribution >= 0.6 is 11.3 Å². The summed E-state index contributed by atoms with van der Waals surface area (Å²) in [7, 11) is -1.63. The van der Waals surface area contributed by atoms with Crippen LogP contribution in [0.3, 0.4) is 0 Å². The summed E-state index contributed by atoms with van der Waals surface area (Å²) in [6.07, 6.45) is 5.84. The van der Waals surface area contributed by atoms with Crippen LogP contribution in [0.1, 0.15) is 30.0 Å². The van der Waals surface area contributed by atoms with E-state index < -0.39 is 9.84 Å². The predicted molar refractivity (Wildman–Crippen MR) is 129 cm³/mol. The fourth-order valence-electron chi connectivity index (χ4n) is 3.56. The Kier molecular flexibility index (Phi) is 7.02. The zero-order valence-electron chi connectivity index (χ0n) is 18.6. The van der Waals surface area contributed by atoms with Crippen LogP contribution in [0.25, 0.3) is 5.70 Å². The normalized spacial score (nSPS) is 16.7. The van der Waals surface area contributed by atoms with Crippen molar-refractivity contribution in [1.82, 2.24) is 10.3 Å². The Labute approximate surface area is 198 Å². The smallest absolute Gasteiger partial charge is 0.175 e. The lowest BCUT2D eigenvalue weighted by Crippen LogP contribution is -2.18. The van der Waals surface area contributed by atoms with Crippen molar-refractivity contribution in [2.75, 3.05) is 20.0 Å². The lowest BCUT2D eigenvalue weighted by molar-refractivity contribution is 0.0919. The van der Waals surface area contributed by atoms with Gasteiger partial charge in [-0.2, -0.15) is 0 Å². The number of aromatic nitrogens is 1. The van der Waals surface area contributed by atoms with Gasteiger partial charge in [0, 0.05) is 42.3 Å². The first kappa shape index (κ1) is 23.3. The van der Waals surface area contributed by atoms with Crippen molar-refractivity contribution in [3.8, 4) is 17.2 Å². The van der Waals surface area contributed by atoms with Crippen molar-refractivity contribution in [3.63, 3.8) is 0 Å². The first-order valence-corrected chi connectivity index (χ1v) is 13.2. The minimum absolute atomic E-state index is 0.138. The first-order valence-electron chi connectivity index (χ1n) is 10.5. The van der Waals surface area contributed by atoms with Gasteiger partial charge in [0.25, 0.3) is 0 Å². The molecule has 33 heavy (non-hydrogen) atoms. The number of sulfone groups is 1. The van der Waals surface area contributed by atoms with E-state index in [0.29, 0.717) is 23.9 Å². The van der Waals surface area contributed by atoms with Crippen LogP contribution in [-0.4, -0.2) is 39.5 Å². The summed E-state index contributed by atoms with van der Waals surface area (Å²) in [5.41, 5.74) is 1.91. The Balaban J connectivity index is 1.59. The molecule has 0 radical (unpaired) electrons. The van der Waals surface area contributed by atoms with E-state index in [1.807, 2.05) is 36.7 Å². The zero-order valence-corrected chi connectivity index (χ0v) is 20.3. The number of hydrogen-bond donors (Lipinski definition) is 1. The predicted octanol–water partition coefficient (Wildman–Crippen LogP) is 4.83. The van der Waals surface area contributed by atoms with Gasteiger partial charge < -0.3 is 19.5 Å². The number of nitrogens with zero attached hydrogens (tertiary/aromatic N) is 1. The highest BCUT2D eigenvalue weighted by molar-refractivity contribution is 7.90. The van der Waals surface area contributed by atoms with E-state index in [-0.39, 0.29) is 17.0 Å². The second-order valence-electron chi connectivity index (χ2n) is 7.84. The lowest BCUT2D eigenvalue weighted by Gasteiger charge is -2.18. The lowest BCUT2D eigenvalue weighted by atomic mass is 10.1. The van der Waals surface area contributed by atoms with E-state index in [2.05, 4.69) is 16.4 Å². The third-order valence-corrected chi connectivity index (χ3v) is 7.07. The van der Waals surface area contributed by atoms with Gasteiger partial charge in [-0.1, -0.05) is 6.08 Å². The molecule has 0 saturated heterocycles. The number of nitrogens with one attached hydrogen (secondary N) is 1. The average Bonchev–Trinajstić information content (AvgIpc) is 3.45. The van der Waals surface area contributed by atoms with E-state index in [0.717, 1.165) is 22.7 Å². The Morgan fingerprint density at radius 3 is 2.58 bits per heavy atom. The summed E-state index contributed by atoms with van der Waals surface area (Å²) in [6.45, 7) is 2.40. The van der Waals surface area contributed by atoms with Gasteiger partial charge in [-0.3, -0.25) is 0 Å². The average molecular weight is 487 g/mol. The van der Waals surface area contributed by atoms with Gasteiger partial charge in [0.1, 0.15) is 28.4 Å². The second-order valence-corrected chi connectivity index (χ2v) is 10.8. The fourth-order valence-corrected chi connectivity index (χ4v) is 4.89. The molecule has 1 aliphatic heterocycles. The van der Waals surface area contributed by atoms with Gasteiger partial charge in [-0.05, 0) is 49.7 Å². The highest BCUT2D eigenvalue weighted by Crippen LogP contribution is 2.35. The van der Waals surface area contributed by atoms with E-state index in [1.54, 1.807) is 30.6 Å². The van der Waals surface area contributed by atoms with E-state index in [9.17, 15) is 8.42 Å². The summed E-state index contributed by atoms with van der Waals surface area (Å²) in [4.78, 5) is 4.66. The molecule has 0 amide bonds. The maximum Gasteiger partial charge on any atom is 0.175 e. The molecule has 1 unspecified atom stereocenters. The van der Waals surface area contributed by atoms with Crippen LogP contribution in [0.4, 0.5) is 0 Å². The van der Waals surface area contributed by atoms with Crippen LogP contribution in [-0.2, 0) is 14.6 Å². The molecule has 9 heteroatoms. The van der Waals surface area contributed by atoms with Crippen LogP contribution in [0.15, 0.2) is 65.0 Å². The van der Waals surface area contributed by atoms with Crippen molar-refractivity contribution in [2.45, 2.75) is 30.4 Å². The highest BCUT2D eigenvalue weighted by Gasteiger charge is 2.22. The highest BCUT2D eigenvalue weighted by atomic mass is 32.2. The van der Waals surface area contributed by atoms with E-state index in [1.165, 1.54) is 18.4 Å². The molecule has 2 aromatic carbocycles. The molecular formula is C24H26N2O5S2. The van der Waals surface area contributed by atoms with Crippen LogP contribution < -0.4 is 14.8 Å². The Hall–Kier alpha value is -2.88. The van der Waals surface area contributed by atoms with Crippen molar-refractivity contribution in [3.05, 3.63) is 70.7 Å². The van der Waals surface area contributed by atoms with Crippen molar-refractivity contribution in [2.24, 2.45) is 0 Å². The maximum atomic E-state index is 11.7. The monoisotopic (exact) mass is 486 g/mol. The number of benzene rings is 2. The molecule has 7 nitrogen and oxygen atoms in total. The summed E-state index contributed by atoms with van der Waals surface area (Å²) >= 11 is 1.63. The zero-order chi connectivity index (χ0) is 23.4. The summed E-state index contributed by atoms with van der Waals surface area (Å²) in [6, 6.07) is 12.2. The quantitative estimate of drug-likeness (QED) is 0.464. The molecule has 4 rings (SSSR count). The molecule has 1 N–H and O–H groups in total. The van der Waals surface area contributed by atoms with Gasteiger partial charge in [-0.15, -0.1) is 11.3 Å². The van der Waals surface area contributed by atoms with E-state index >= 15 is 0 Å². The summed E-state index contributed by atoms with van der Waals surface area (Å²) < 4.78 is 40.7. The van der Waals surface area contributed by atoms with E-state index in [4.69, 9.17) is 14.2 Å². The van der Waals surface area contributed by atoms with Gasteiger partial charge >= 0.3 is 0 Å². The third-order valence-electron chi connectivity index (χ3n) is 5.05. The molecule has 0 spiro atoms. The van der Waals surface area contributed by atoms with Gasteiger partial charge in [0.2, 0.25) is 0 Å². The molecule has 2 atom stereocenters. The van der Waals surface area contributed by atoms with Crippen LogP contribution in [0, 0.1) is 0 Å². The molecule has 174 valence electrons. The number of thiazole rings is 1. The Bertz CT molecular complexity index is 1220. The number of methoxy groups -OCH3 is 1. The third kappa shape index (κ3) is 5.93. The van der Waals surface area contributed by atoms with Gasteiger partial charge in [-0.25, -0.2) is 13.4 Å². The van der Waals surface area contributed by atoms with Crippen molar-refractivity contribution >= 4 is 26.9 Å². The Morgan fingerprint density at radius 1 is 1.15 bits per heavy atom. The van der Waals surface area contributed by atoms with Crippen LogP contribution in [0.5, 0.6) is 17.2 Å². The first-order chi connectivity index (χ1) is 15.8. The number of rotatable bonds is 9. The largest absolute Gasteiger partial charge is 0.488 e. The minimum Gasteiger partial charge on any atom is -0.488 e. The molecule has 0 bridgehead atoms. The standard InChI is InChI=1S/C24H26N2O5S2/c1-16(15-29-2)30-19-12-17(22-8-9-23(26-22)24-25-10-11-32-24)13-20(14-19)31-18-4-6-21(7-5-18)33(3,27)28/h4-8,10-14,16,23,26H,9,15H2,1-3H3/t16-,23?/m0/s1. The Morgan fingerprint density at radius 2 is 1.91 bits per heavy atom.